The molecule has 0 saturated carbocycles. The Morgan fingerprint density at radius 2 is 2.00 bits per heavy atom. The average Bonchev–Trinajstić information content (AvgIpc) is 2.01. The number of phenols is 2. The molecule has 3 nitrogen and oxygen atoms in total. The Kier molecular flexibility index (Phi) is 1.65. The Morgan fingerprint density at radius 1 is 1.36 bits per heavy atom. The van der Waals surface area contributed by atoms with E-state index in [4.69, 9.17) is 15.5 Å². The van der Waals surface area contributed by atoms with E-state index >= 15 is 0 Å². The summed E-state index contributed by atoms with van der Waals surface area (Å²) in [5.74, 6) is -2.64. The molecule has 0 radical (unpaired) electrons. The van der Waals surface area contributed by atoms with E-state index in [1.54, 1.807) is 6.07 Å². The fraction of sp³-hybridized carbons (Fsp3) is 0. The van der Waals surface area contributed by atoms with Crippen LogP contribution in [0.5, 0.6) is 11.5 Å². The van der Waals surface area contributed by atoms with E-state index in [1.807, 2.05) is 0 Å². The van der Waals surface area contributed by atoms with Crippen molar-refractivity contribution in [1.82, 2.24) is 0 Å². The van der Waals surface area contributed by atoms with E-state index < -0.39 is 17.3 Å². The number of hydrogen-bond donors (Lipinski definition) is 2. The van der Waals surface area contributed by atoms with Gasteiger partial charge in [-0.15, -0.1) is 0 Å². The highest BCUT2D eigenvalue weighted by molar-refractivity contribution is 5.47. The highest BCUT2D eigenvalue weighted by Gasteiger charge is 2.10. The van der Waals surface area contributed by atoms with E-state index in [0.717, 1.165) is 12.1 Å². The number of rotatable bonds is 0. The molecule has 56 valence electrons. The Morgan fingerprint density at radius 3 is 2.55 bits per heavy atom. The zero-order valence-electron chi connectivity index (χ0n) is 5.37. The molecule has 0 fully saturated rings. The molecule has 0 aliphatic carbocycles. The molecule has 0 aromatic heterocycles. The van der Waals surface area contributed by atoms with Crippen molar-refractivity contribution in [2.45, 2.75) is 0 Å². The van der Waals surface area contributed by atoms with Crippen LogP contribution < -0.4 is 0 Å². The molecule has 0 aliphatic heterocycles. The summed E-state index contributed by atoms with van der Waals surface area (Å²) in [6.45, 7) is 0. The lowest BCUT2D eigenvalue weighted by Crippen LogP contribution is -1.82. The summed E-state index contributed by atoms with van der Waals surface area (Å²) in [4.78, 5) is 0. The van der Waals surface area contributed by atoms with E-state index in [9.17, 15) is 4.39 Å². The molecule has 0 unspecified atom stereocenters. The maximum atomic E-state index is 12.5. The molecule has 0 atom stereocenters. The van der Waals surface area contributed by atoms with Gasteiger partial charge < -0.3 is 10.2 Å². The topological polar surface area (TPSA) is 64.2 Å². The zero-order chi connectivity index (χ0) is 8.43. The minimum atomic E-state index is -1.16. The van der Waals surface area contributed by atoms with Crippen LogP contribution in [0.25, 0.3) is 0 Å². The molecule has 1 aromatic rings. The third-order valence-corrected chi connectivity index (χ3v) is 1.22. The van der Waals surface area contributed by atoms with Crippen molar-refractivity contribution >= 4 is 0 Å². The second-order valence-electron chi connectivity index (χ2n) is 1.91. The van der Waals surface area contributed by atoms with Crippen molar-refractivity contribution in [2.75, 3.05) is 0 Å². The van der Waals surface area contributed by atoms with Crippen LogP contribution in [0.2, 0.25) is 0 Å². The van der Waals surface area contributed by atoms with Gasteiger partial charge in [0.1, 0.15) is 6.07 Å². The van der Waals surface area contributed by atoms with Crippen LogP contribution in [0.1, 0.15) is 5.56 Å². The Balaban J connectivity index is 3.40. The fourth-order valence-corrected chi connectivity index (χ4v) is 0.644. The van der Waals surface area contributed by atoms with Crippen LogP contribution in [-0.4, -0.2) is 10.2 Å². The van der Waals surface area contributed by atoms with E-state index in [-0.39, 0.29) is 5.56 Å². The first kappa shape index (κ1) is 7.35. The van der Waals surface area contributed by atoms with Gasteiger partial charge >= 0.3 is 0 Å². The van der Waals surface area contributed by atoms with Gasteiger partial charge in [0.2, 0.25) is 5.82 Å². The molecule has 0 heterocycles. The summed E-state index contributed by atoms with van der Waals surface area (Å²) in [6, 6.07) is 3.70. The third kappa shape index (κ3) is 1.08. The largest absolute Gasteiger partial charge is 0.505 e. The van der Waals surface area contributed by atoms with Gasteiger partial charge in [0, 0.05) is 0 Å². The lowest BCUT2D eigenvalue weighted by atomic mass is 10.2. The standard InChI is InChI=1S/C7H4FNO2/c8-6-5(10)2-1-4(3-9)7(6)11/h1-2,10-11H. The monoisotopic (exact) mass is 153 g/mol. The van der Waals surface area contributed by atoms with Crippen LogP contribution in [-0.2, 0) is 0 Å². The number of halogens is 1. The third-order valence-electron chi connectivity index (χ3n) is 1.22. The Hall–Kier alpha value is -1.76. The van der Waals surface area contributed by atoms with Gasteiger partial charge in [-0.25, -0.2) is 0 Å². The zero-order valence-corrected chi connectivity index (χ0v) is 5.37. The SMILES string of the molecule is N#Cc1ccc(O)c(F)c1O. The van der Waals surface area contributed by atoms with Crippen molar-refractivity contribution in [3.8, 4) is 17.6 Å². The highest BCUT2D eigenvalue weighted by Crippen LogP contribution is 2.27. The first-order valence-corrected chi connectivity index (χ1v) is 2.77. The number of benzene rings is 1. The van der Waals surface area contributed by atoms with Crippen LogP contribution in [0, 0.1) is 17.1 Å². The highest BCUT2D eigenvalue weighted by atomic mass is 19.1. The Bertz CT molecular complexity index is 330. The summed E-state index contributed by atoms with van der Waals surface area (Å²) in [7, 11) is 0. The van der Waals surface area contributed by atoms with Gasteiger partial charge in [-0.05, 0) is 12.1 Å². The molecule has 1 rings (SSSR count). The van der Waals surface area contributed by atoms with Crippen LogP contribution >= 0.6 is 0 Å². The Labute approximate surface area is 61.9 Å². The van der Waals surface area contributed by atoms with Gasteiger partial charge in [0.25, 0.3) is 0 Å². The van der Waals surface area contributed by atoms with E-state index in [2.05, 4.69) is 0 Å². The fourth-order valence-electron chi connectivity index (χ4n) is 0.644. The van der Waals surface area contributed by atoms with Gasteiger partial charge in [-0.2, -0.15) is 9.65 Å². The number of nitrogens with zero attached hydrogens (tertiary/aromatic N) is 1. The van der Waals surface area contributed by atoms with E-state index in [0.29, 0.717) is 0 Å². The van der Waals surface area contributed by atoms with Gasteiger partial charge in [0.15, 0.2) is 11.5 Å². The van der Waals surface area contributed by atoms with Crippen molar-refractivity contribution in [3.63, 3.8) is 0 Å². The molecule has 1 aromatic carbocycles. The summed E-state index contributed by atoms with van der Waals surface area (Å²) in [6.07, 6.45) is 0. The maximum absolute atomic E-state index is 12.5. The minimum Gasteiger partial charge on any atom is -0.505 e. The molecule has 2 N–H and O–H groups in total. The summed E-state index contributed by atoms with van der Waals surface area (Å²) in [5, 5.41) is 25.8. The molecule has 0 spiro atoms. The molecule has 0 bridgehead atoms. The normalized spacial score (nSPS) is 9.09. The first-order chi connectivity index (χ1) is 5.16. The average molecular weight is 153 g/mol. The van der Waals surface area contributed by atoms with Crippen LogP contribution in [0.4, 0.5) is 4.39 Å². The number of aromatic hydroxyl groups is 2. The molecular weight excluding hydrogens is 149 g/mol. The summed E-state index contributed by atoms with van der Waals surface area (Å²) >= 11 is 0. The number of hydrogen-bond acceptors (Lipinski definition) is 3. The smallest absolute Gasteiger partial charge is 0.207 e. The lowest BCUT2D eigenvalue weighted by Gasteiger charge is -1.98. The van der Waals surface area contributed by atoms with Crippen molar-refractivity contribution in [1.29, 1.82) is 5.26 Å². The molecule has 11 heavy (non-hydrogen) atoms. The van der Waals surface area contributed by atoms with Crippen molar-refractivity contribution in [2.24, 2.45) is 0 Å². The van der Waals surface area contributed by atoms with Crippen LogP contribution in [0.15, 0.2) is 12.1 Å². The predicted octanol–water partition coefficient (Wildman–Crippen LogP) is 1.11. The molecule has 0 saturated heterocycles. The maximum Gasteiger partial charge on any atom is 0.207 e. The van der Waals surface area contributed by atoms with Crippen molar-refractivity contribution < 1.29 is 14.6 Å². The van der Waals surface area contributed by atoms with Gasteiger partial charge in [-0.3, -0.25) is 0 Å². The molecule has 4 heteroatoms. The van der Waals surface area contributed by atoms with Crippen molar-refractivity contribution in [3.05, 3.63) is 23.5 Å². The predicted molar refractivity (Wildman–Crippen MR) is 34.4 cm³/mol. The lowest BCUT2D eigenvalue weighted by molar-refractivity contribution is 0.388. The summed E-state index contributed by atoms with van der Waals surface area (Å²) < 4.78 is 12.5. The quantitative estimate of drug-likeness (QED) is 0.586. The summed E-state index contributed by atoms with van der Waals surface area (Å²) in [5.41, 5.74) is -0.194. The molecule has 0 amide bonds. The van der Waals surface area contributed by atoms with E-state index in [1.165, 1.54) is 0 Å². The second kappa shape index (κ2) is 2.46. The molecular formula is C7H4FNO2. The number of phenolic OH excluding ortho intramolecular Hbond substituents is 2. The number of nitriles is 1. The van der Waals surface area contributed by atoms with Gasteiger partial charge in [0.05, 0.1) is 5.56 Å². The second-order valence-corrected chi connectivity index (χ2v) is 1.91. The van der Waals surface area contributed by atoms with Crippen LogP contribution in [0.3, 0.4) is 0 Å². The first-order valence-electron chi connectivity index (χ1n) is 2.77. The molecule has 0 aliphatic rings. The van der Waals surface area contributed by atoms with Gasteiger partial charge in [-0.1, -0.05) is 0 Å². The minimum absolute atomic E-state index is 0.194.